The number of hydrogen-bond acceptors (Lipinski definition) is 5. The summed E-state index contributed by atoms with van der Waals surface area (Å²) in [6, 6.07) is 0. The lowest BCUT2D eigenvalue weighted by molar-refractivity contribution is -0.157. The van der Waals surface area contributed by atoms with Crippen LogP contribution in [0.1, 0.15) is 82.3 Å². The molecule has 1 saturated heterocycles. The first-order valence-corrected chi connectivity index (χ1v) is 14.1. The van der Waals surface area contributed by atoms with Gasteiger partial charge in [0.15, 0.2) is 0 Å². The molecule has 8 heteroatoms. The Kier molecular flexibility index (Phi) is 9.73. The van der Waals surface area contributed by atoms with Crippen LogP contribution in [0.4, 0.5) is 8.78 Å². The molecule has 1 N–H and O–H groups in total. The number of aliphatic carboxylic acids is 1. The van der Waals surface area contributed by atoms with Crippen molar-refractivity contribution >= 4 is 22.9 Å². The number of aryl methyl sites for hydroxylation is 1. The van der Waals surface area contributed by atoms with Crippen molar-refractivity contribution in [2.75, 3.05) is 13.1 Å². The van der Waals surface area contributed by atoms with Crippen molar-refractivity contribution < 1.29 is 23.4 Å². The van der Waals surface area contributed by atoms with E-state index in [0.29, 0.717) is 42.9 Å². The molecule has 0 radical (unpaired) electrons. The molecule has 2 heterocycles. The maximum absolute atomic E-state index is 13.2. The minimum absolute atomic E-state index is 0.0149. The standard InChI is InChI=1S/C29H42F2N2O3S/c1-7-8-14-29(26(34)35)15-21(28(4,5)6)16-33(18-29)17-24-20(3)32-25(37-24)22-11-9-10-19(2)12-13-23(22)36-27(30)31/h9-11,13,19,21,27H,7-8,12,14-18H2,1-6H3,(H,34,35)/b10-9-,22-11+,23-13-/t19?,21-,29-/m1/s1. The number of rotatable bonds is 9. The predicted octanol–water partition coefficient (Wildman–Crippen LogP) is 7.68. The number of thiazole rings is 1. The normalized spacial score (nSPS) is 29.1. The lowest BCUT2D eigenvalue weighted by Gasteiger charge is -2.48. The van der Waals surface area contributed by atoms with Gasteiger partial charge in [0, 0.05) is 24.5 Å². The van der Waals surface area contributed by atoms with Crippen LogP contribution in [0, 0.1) is 29.6 Å². The highest BCUT2D eigenvalue weighted by Crippen LogP contribution is 2.45. The molecule has 0 spiro atoms. The zero-order chi connectivity index (χ0) is 27.4. The minimum atomic E-state index is -2.91. The highest BCUT2D eigenvalue weighted by Gasteiger charge is 2.47. The Labute approximate surface area is 224 Å². The Bertz CT molecular complexity index is 1040. The highest BCUT2D eigenvalue weighted by molar-refractivity contribution is 7.12. The van der Waals surface area contributed by atoms with Gasteiger partial charge < -0.3 is 9.84 Å². The molecular weight excluding hydrogens is 494 g/mol. The number of aromatic nitrogens is 1. The van der Waals surface area contributed by atoms with Gasteiger partial charge in [0.05, 0.1) is 16.7 Å². The van der Waals surface area contributed by atoms with Gasteiger partial charge >= 0.3 is 12.6 Å². The lowest BCUT2D eigenvalue weighted by Crippen LogP contribution is -2.53. The number of nitrogens with zero attached hydrogens (tertiary/aromatic N) is 2. The lowest BCUT2D eigenvalue weighted by atomic mass is 9.65. The number of hydrogen-bond donors (Lipinski definition) is 1. The Morgan fingerprint density at radius 2 is 2.11 bits per heavy atom. The van der Waals surface area contributed by atoms with Crippen molar-refractivity contribution in [3.05, 3.63) is 45.6 Å². The Balaban J connectivity index is 1.92. The predicted molar refractivity (Wildman–Crippen MR) is 145 cm³/mol. The third-order valence-corrected chi connectivity index (χ3v) is 8.85. The summed E-state index contributed by atoms with van der Waals surface area (Å²) in [5.74, 6) is -0.0842. The summed E-state index contributed by atoms with van der Waals surface area (Å²) in [4.78, 5) is 20.6. The first-order valence-electron chi connectivity index (χ1n) is 13.3. The third kappa shape index (κ3) is 7.50. The number of unbranched alkanes of at least 4 members (excludes halogenated alkanes) is 1. The van der Waals surface area contributed by atoms with E-state index in [-0.39, 0.29) is 23.0 Å². The van der Waals surface area contributed by atoms with Gasteiger partial charge in [-0.2, -0.15) is 8.78 Å². The average Bonchev–Trinajstić information content (AvgIpc) is 3.15. The largest absolute Gasteiger partial charge is 0.481 e. The fraction of sp³-hybridized carbons (Fsp3) is 0.655. The Hall–Kier alpha value is -2.06. The number of halogens is 2. The van der Waals surface area contributed by atoms with E-state index in [4.69, 9.17) is 9.72 Å². The monoisotopic (exact) mass is 536 g/mol. The fourth-order valence-corrected chi connectivity index (χ4v) is 6.38. The van der Waals surface area contributed by atoms with E-state index in [1.807, 2.05) is 26.0 Å². The summed E-state index contributed by atoms with van der Waals surface area (Å²) in [6.45, 7) is 11.6. The highest BCUT2D eigenvalue weighted by atomic mass is 32.1. The van der Waals surface area contributed by atoms with Crippen LogP contribution in [0.3, 0.4) is 0 Å². The van der Waals surface area contributed by atoms with E-state index in [1.54, 1.807) is 12.2 Å². The Morgan fingerprint density at radius 1 is 1.38 bits per heavy atom. The number of carbonyl (C=O) groups is 1. The van der Waals surface area contributed by atoms with Gasteiger partial charge in [-0.25, -0.2) is 4.98 Å². The Morgan fingerprint density at radius 3 is 2.73 bits per heavy atom. The van der Waals surface area contributed by atoms with Crippen LogP contribution in [0.25, 0.3) is 5.57 Å². The van der Waals surface area contributed by atoms with Crippen molar-refractivity contribution in [2.45, 2.75) is 86.8 Å². The number of likely N-dealkylation sites (tertiary alicyclic amines) is 1. The molecular formula is C29H42F2N2O3S. The quantitative estimate of drug-likeness (QED) is 0.351. The summed E-state index contributed by atoms with van der Waals surface area (Å²) in [5.41, 5.74) is 0.609. The van der Waals surface area contributed by atoms with Crippen LogP contribution < -0.4 is 0 Å². The van der Waals surface area contributed by atoms with E-state index >= 15 is 0 Å². The van der Waals surface area contributed by atoms with E-state index in [2.05, 4.69) is 32.6 Å². The number of ether oxygens (including phenoxy) is 1. The van der Waals surface area contributed by atoms with E-state index < -0.39 is 18.0 Å². The summed E-state index contributed by atoms with van der Waals surface area (Å²) in [6.07, 6.45) is 11.2. The van der Waals surface area contributed by atoms with Gasteiger partial charge in [-0.3, -0.25) is 9.69 Å². The average molecular weight is 537 g/mol. The minimum Gasteiger partial charge on any atom is -0.481 e. The zero-order valence-corrected chi connectivity index (χ0v) is 23.8. The van der Waals surface area contributed by atoms with Crippen molar-refractivity contribution in [3.8, 4) is 0 Å². The molecule has 3 atom stereocenters. The first kappa shape index (κ1) is 29.5. The molecule has 206 valence electrons. The topological polar surface area (TPSA) is 62.7 Å². The molecule has 2 aliphatic rings. The van der Waals surface area contributed by atoms with Crippen molar-refractivity contribution in [1.82, 2.24) is 9.88 Å². The van der Waals surface area contributed by atoms with Gasteiger partial charge in [0.2, 0.25) is 0 Å². The first-order chi connectivity index (χ1) is 17.3. The van der Waals surface area contributed by atoms with Crippen molar-refractivity contribution in [1.29, 1.82) is 0 Å². The smallest absolute Gasteiger partial charge is 0.387 e. The SMILES string of the molecule is CCCC[C@@]1(C(=O)O)C[C@@H](C(C)(C)C)CN(Cc2sc(C3=C/C=C\C(C)C\C=C\3OC(F)F)nc2C)C1. The second-order valence-electron chi connectivity index (χ2n) is 11.8. The number of allylic oxidation sites excluding steroid dienone is 5. The van der Waals surface area contributed by atoms with Crippen LogP contribution in [0.2, 0.25) is 0 Å². The van der Waals surface area contributed by atoms with Gasteiger partial charge in [0.1, 0.15) is 10.8 Å². The molecule has 1 fully saturated rings. The summed E-state index contributed by atoms with van der Waals surface area (Å²) in [7, 11) is 0. The number of piperidine rings is 1. The molecule has 0 amide bonds. The van der Waals surface area contributed by atoms with Gasteiger partial charge in [-0.05, 0) is 55.6 Å². The molecule has 0 bridgehead atoms. The molecule has 5 nitrogen and oxygen atoms in total. The maximum Gasteiger partial charge on any atom is 0.387 e. The molecule has 1 unspecified atom stereocenters. The van der Waals surface area contributed by atoms with Gasteiger partial charge in [0.25, 0.3) is 0 Å². The molecule has 0 aromatic carbocycles. The van der Waals surface area contributed by atoms with Crippen LogP contribution in [-0.2, 0) is 16.1 Å². The zero-order valence-electron chi connectivity index (χ0n) is 23.0. The van der Waals surface area contributed by atoms with Crippen LogP contribution in [0.5, 0.6) is 0 Å². The molecule has 0 saturated carbocycles. The van der Waals surface area contributed by atoms with Crippen LogP contribution in [0.15, 0.2) is 30.1 Å². The molecule has 1 aliphatic carbocycles. The maximum atomic E-state index is 13.2. The van der Waals surface area contributed by atoms with E-state index in [1.165, 1.54) is 11.3 Å². The van der Waals surface area contributed by atoms with E-state index in [0.717, 1.165) is 30.0 Å². The molecule has 1 aromatic heterocycles. The van der Waals surface area contributed by atoms with Crippen molar-refractivity contribution in [2.24, 2.45) is 22.7 Å². The van der Waals surface area contributed by atoms with Crippen LogP contribution in [-0.4, -0.2) is 40.7 Å². The summed E-state index contributed by atoms with van der Waals surface area (Å²) >= 11 is 1.47. The summed E-state index contributed by atoms with van der Waals surface area (Å²) < 4.78 is 31.3. The van der Waals surface area contributed by atoms with Crippen LogP contribution >= 0.6 is 11.3 Å². The molecule has 3 rings (SSSR count). The molecule has 37 heavy (non-hydrogen) atoms. The number of carboxylic acids is 1. The number of alkyl halides is 2. The second-order valence-corrected chi connectivity index (χ2v) is 12.9. The summed E-state index contributed by atoms with van der Waals surface area (Å²) in [5, 5.41) is 11.0. The second kappa shape index (κ2) is 12.2. The fourth-order valence-electron chi connectivity index (χ4n) is 5.25. The van der Waals surface area contributed by atoms with Gasteiger partial charge in [-0.15, -0.1) is 11.3 Å². The van der Waals surface area contributed by atoms with Crippen molar-refractivity contribution in [3.63, 3.8) is 0 Å². The van der Waals surface area contributed by atoms with Gasteiger partial charge in [-0.1, -0.05) is 59.6 Å². The third-order valence-electron chi connectivity index (χ3n) is 7.68. The molecule has 1 aliphatic heterocycles. The number of carboxylic acid groups (broad SMARTS) is 1. The van der Waals surface area contributed by atoms with E-state index in [9.17, 15) is 18.7 Å². The molecule has 1 aromatic rings.